The van der Waals surface area contributed by atoms with E-state index >= 15 is 0 Å². The highest BCUT2D eigenvalue weighted by Gasteiger charge is 2.44. The second-order valence-corrected chi connectivity index (χ2v) is 12.2. The second kappa shape index (κ2) is 9.09. The Balaban J connectivity index is 0. The van der Waals surface area contributed by atoms with E-state index in [-0.39, 0.29) is 43.5 Å². The minimum Gasteiger partial charge on any atom is -0.338 e. The average Bonchev–Trinajstić information content (AvgIpc) is 2.84. The number of hydrogen-bond acceptors (Lipinski definition) is 5. The number of sulfone groups is 1. The predicted octanol–water partition coefficient (Wildman–Crippen LogP) is 2.44. The highest BCUT2D eigenvalue weighted by atomic mass is 79.9. The van der Waals surface area contributed by atoms with Gasteiger partial charge in [0.05, 0.1) is 16.5 Å². The Bertz CT molecular complexity index is 629. The Kier molecular flexibility index (Phi) is 8.37. The molecule has 2 aliphatic rings. The van der Waals surface area contributed by atoms with Crippen LogP contribution in [-0.4, -0.2) is 72.4 Å². The molecule has 0 bridgehead atoms. The van der Waals surface area contributed by atoms with Gasteiger partial charge in [0, 0.05) is 24.7 Å². The normalized spacial score (nSPS) is 30.1. The van der Waals surface area contributed by atoms with Crippen molar-refractivity contribution in [1.29, 1.82) is 0 Å². The number of halogens is 1. The number of amides is 1. The summed E-state index contributed by atoms with van der Waals surface area (Å²) in [6.07, 6.45) is 3.33. The van der Waals surface area contributed by atoms with Gasteiger partial charge in [0.15, 0.2) is 9.84 Å². The number of nitrogens with zero attached hydrogens (tertiary/aromatic N) is 2. The van der Waals surface area contributed by atoms with Crippen LogP contribution < -0.4 is 5.73 Å². The molecule has 0 aromatic heterocycles. The lowest BCUT2D eigenvalue weighted by Gasteiger charge is -2.45. The van der Waals surface area contributed by atoms with Crippen LogP contribution in [-0.2, 0) is 14.6 Å². The standard InChI is InChI=1S/C19H37N3O3S.BrH/c1-13(2)21(6)15-7-8-17(22-10-9-16(20)18(22)23)14(11-15)12-26(24,25)19(3,4)5;/h13-17H,7-12,20H2,1-6H3;1H/p+2/t14-,15+,16-,17-;/m0./s1. The van der Waals surface area contributed by atoms with E-state index in [1.165, 1.54) is 0 Å². The molecule has 1 aliphatic carbocycles. The molecule has 0 spiro atoms. The first-order valence-electron chi connectivity index (χ1n) is 9.85. The number of carbonyl (C=O) groups is 1. The maximum absolute atomic E-state index is 12.9. The van der Waals surface area contributed by atoms with Gasteiger partial charge >= 0.3 is 2.85 Å². The zero-order valence-corrected chi connectivity index (χ0v) is 20.2. The van der Waals surface area contributed by atoms with E-state index in [1.54, 1.807) is 20.8 Å². The maximum Gasteiger partial charge on any atom is 1.00 e. The minimum atomic E-state index is -3.25. The Morgan fingerprint density at radius 1 is 1.26 bits per heavy atom. The van der Waals surface area contributed by atoms with Crippen molar-refractivity contribution < 1.29 is 16.1 Å². The molecule has 4 atom stereocenters. The fourth-order valence-electron chi connectivity index (χ4n) is 4.19. The lowest BCUT2D eigenvalue weighted by molar-refractivity contribution is -0.132. The van der Waals surface area contributed by atoms with Gasteiger partial charge in [0.2, 0.25) is 5.91 Å². The number of likely N-dealkylation sites (tertiary alicyclic amines) is 1. The lowest BCUT2D eigenvalue weighted by Crippen LogP contribution is -2.53. The third kappa shape index (κ3) is 5.46. The van der Waals surface area contributed by atoms with Crippen LogP contribution in [0.15, 0.2) is 0 Å². The molecule has 0 unspecified atom stereocenters. The van der Waals surface area contributed by atoms with E-state index in [0.29, 0.717) is 25.0 Å². The van der Waals surface area contributed by atoms with Crippen molar-refractivity contribution in [2.75, 3.05) is 19.3 Å². The van der Waals surface area contributed by atoms with Crippen molar-refractivity contribution >= 4 is 32.7 Å². The summed E-state index contributed by atoms with van der Waals surface area (Å²) in [7, 11) is -1.13. The zero-order valence-electron chi connectivity index (χ0n) is 19.6. The highest BCUT2D eigenvalue weighted by Crippen LogP contribution is 2.36. The Labute approximate surface area is 178 Å². The third-order valence-corrected chi connectivity index (χ3v) is 9.09. The monoisotopic (exact) mass is 469 g/mol. The van der Waals surface area contributed by atoms with Crippen molar-refractivity contribution in [3.8, 4) is 0 Å². The third-order valence-electron chi connectivity index (χ3n) is 6.35. The van der Waals surface area contributed by atoms with Crippen LogP contribution in [0.5, 0.6) is 0 Å². The van der Waals surface area contributed by atoms with Gasteiger partial charge in [-0.05, 0) is 73.3 Å². The Morgan fingerprint density at radius 3 is 2.30 bits per heavy atom. The van der Waals surface area contributed by atoms with Crippen molar-refractivity contribution in [3.63, 3.8) is 0 Å². The summed E-state index contributed by atoms with van der Waals surface area (Å²) < 4.78 is 25.0. The second-order valence-electron chi connectivity index (χ2n) is 9.37. The molecule has 1 aliphatic heterocycles. The van der Waals surface area contributed by atoms with E-state index < -0.39 is 20.6 Å². The van der Waals surface area contributed by atoms with Gasteiger partial charge < -0.3 is 15.5 Å². The largest absolute Gasteiger partial charge is 1.00 e. The van der Waals surface area contributed by atoms with E-state index in [1.807, 2.05) is 4.90 Å². The van der Waals surface area contributed by atoms with E-state index in [0.717, 1.165) is 19.3 Å². The van der Waals surface area contributed by atoms with E-state index in [2.05, 4.69) is 25.8 Å². The number of rotatable bonds is 5. The predicted molar refractivity (Wildman–Crippen MR) is 118 cm³/mol. The van der Waals surface area contributed by atoms with Crippen LogP contribution in [0.2, 0.25) is 0 Å². The summed E-state index contributed by atoms with van der Waals surface area (Å²) >= 11 is 0. The van der Waals surface area contributed by atoms with Crippen LogP contribution in [0.3, 0.4) is 0 Å². The highest BCUT2D eigenvalue weighted by molar-refractivity contribution is 8.93. The van der Waals surface area contributed by atoms with Crippen LogP contribution >= 0.6 is 17.0 Å². The fraction of sp³-hybridized carbons (Fsp3) is 0.947. The summed E-state index contributed by atoms with van der Waals surface area (Å²) in [4.78, 5) is 16.7. The van der Waals surface area contributed by atoms with Crippen molar-refractivity contribution in [2.45, 2.75) is 89.2 Å². The molecule has 160 valence electrons. The smallest absolute Gasteiger partial charge is 0.338 e. The van der Waals surface area contributed by atoms with Crippen molar-refractivity contribution in [3.05, 3.63) is 0 Å². The molecule has 27 heavy (non-hydrogen) atoms. The van der Waals surface area contributed by atoms with Gasteiger partial charge in [0.25, 0.3) is 0 Å². The van der Waals surface area contributed by atoms with E-state index in [9.17, 15) is 13.2 Å². The van der Waals surface area contributed by atoms with Gasteiger partial charge in [0.1, 0.15) is 0 Å². The number of hydrogen-bond donors (Lipinski definition) is 1. The summed E-state index contributed by atoms with van der Waals surface area (Å²) in [5.74, 6) is 0.0973. The summed E-state index contributed by atoms with van der Waals surface area (Å²) in [6, 6.07) is 0.340. The summed E-state index contributed by atoms with van der Waals surface area (Å²) in [6.45, 7) is 10.3. The molecule has 1 saturated carbocycles. The molecule has 6 nitrogen and oxygen atoms in total. The molecule has 8 heteroatoms. The number of carbonyl (C=O) groups excluding carboxylic acids is 1. The number of nitrogens with two attached hydrogens (primary N) is 1. The zero-order chi connectivity index (χ0) is 19.9. The molecule has 2 N–H and O–H groups in total. The SMILES string of the molecule is Br.CC(C)N(C)[C@@H]1CC[C@H](N2CC[C@H](N)C2=O)[C@H](CS(=O)(=O)C(C)(C)C)C1.[H+].[H+]. The first-order valence-corrected chi connectivity index (χ1v) is 11.5. The maximum atomic E-state index is 12.9. The molecule has 2 rings (SSSR count). The molecular formula is C19H40BrN3O3S+2. The van der Waals surface area contributed by atoms with Crippen LogP contribution in [0.1, 0.15) is 63.2 Å². The molecule has 1 saturated heterocycles. The molecule has 1 heterocycles. The lowest BCUT2D eigenvalue weighted by atomic mass is 9.81. The first-order chi connectivity index (χ1) is 11.8. The van der Waals surface area contributed by atoms with Crippen molar-refractivity contribution in [2.24, 2.45) is 11.7 Å². The molecule has 2 fully saturated rings. The first kappa shape index (κ1) is 24.9. The van der Waals surface area contributed by atoms with Gasteiger partial charge in [-0.2, -0.15) is 0 Å². The molecule has 0 radical (unpaired) electrons. The van der Waals surface area contributed by atoms with Gasteiger partial charge in [-0.1, -0.05) is 0 Å². The molecule has 1 amide bonds. The van der Waals surface area contributed by atoms with Crippen LogP contribution in [0.4, 0.5) is 0 Å². The van der Waals surface area contributed by atoms with Crippen LogP contribution in [0.25, 0.3) is 0 Å². The fourth-order valence-corrected chi connectivity index (χ4v) is 5.61. The Hall–Kier alpha value is -0.180. The van der Waals surface area contributed by atoms with Gasteiger partial charge in [-0.25, -0.2) is 8.42 Å². The molecule has 0 aromatic carbocycles. The summed E-state index contributed by atoms with van der Waals surface area (Å²) in [5.41, 5.74) is 5.91. The average molecular weight is 471 g/mol. The molecule has 0 aromatic rings. The van der Waals surface area contributed by atoms with Gasteiger partial charge in [-0.15, -0.1) is 17.0 Å². The van der Waals surface area contributed by atoms with E-state index in [4.69, 9.17) is 5.73 Å². The van der Waals surface area contributed by atoms with Crippen molar-refractivity contribution in [1.82, 2.24) is 9.80 Å². The topological polar surface area (TPSA) is 83.7 Å². The summed E-state index contributed by atoms with van der Waals surface area (Å²) in [5, 5.41) is 0. The van der Waals surface area contributed by atoms with Crippen LogP contribution in [0, 0.1) is 5.92 Å². The quantitative estimate of drug-likeness (QED) is 0.668. The minimum absolute atomic E-state index is 0. The molecular weight excluding hydrogens is 430 g/mol. The van der Waals surface area contributed by atoms with Gasteiger partial charge in [-0.3, -0.25) is 4.79 Å². The Morgan fingerprint density at radius 2 is 1.85 bits per heavy atom.